The lowest BCUT2D eigenvalue weighted by Crippen LogP contribution is -2.21. The molecule has 1 aromatic carbocycles. The van der Waals surface area contributed by atoms with Crippen molar-refractivity contribution in [1.29, 1.82) is 0 Å². The number of nitrogens with one attached hydrogen (secondary N) is 1. The molecule has 2 rings (SSSR count). The summed E-state index contributed by atoms with van der Waals surface area (Å²) < 4.78 is 52.6. The van der Waals surface area contributed by atoms with Crippen LogP contribution in [0.1, 0.15) is 31.5 Å². The van der Waals surface area contributed by atoms with E-state index in [2.05, 4.69) is 24.3 Å². The molecule has 0 spiro atoms. The maximum absolute atomic E-state index is 13.1. The molecule has 0 amide bonds. The maximum Gasteiger partial charge on any atom is 0.490 e. The summed E-state index contributed by atoms with van der Waals surface area (Å²) in [5.74, 6) is -1.81. The second-order valence-corrected chi connectivity index (χ2v) is 7.14. The lowest BCUT2D eigenvalue weighted by atomic mass is 10.1. The number of carbonyl (C=O) groups is 1. The van der Waals surface area contributed by atoms with Crippen molar-refractivity contribution in [3.63, 3.8) is 0 Å². The molecule has 30 heavy (non-hydrogen) atoms. The van der Waals surface area contributed by atoms with Crippen molar-refractivity contribution in [2.24, 2.45) is 5.92 Å². The molecule has 0 saturated heterocycles. The Bertz CT molecular complexity index is 826. The number of hydrogen-bond donors (Lipinski definition) is 2. The van der Waals surface area contributed by atoms with Gasteiger partial charge in [0.25, 0.3) is 0 Å². The molecule has 1 aromatic heterocycles. The van der Waals surface area contributed by atoms with Crippen molar-refractivity contribution in [3.8, 4) is 5.88 Å². The van der Waals surface area contributed by atoms with Crippen LogP contribution in [-0.4, -0.2) is 34.1 Å². The van der Waals surface area contributed by atoms with E-state index in [1.165, 1.54) is 12.1 Å². The van der Waals surface area contributed by atoms with E-state index in [1.807, 2.05) is 17.8 Å². The Morgan fingerprint density at radius 2 is 1.97 bits per heavy atom. The maximum atomic E-state index is 13.1. The second-order valence-electron chi connectivity index (χ2n) is 6.74. The molecule has 6 nitrogen and oxygen atoms in total. The Labute approximate surface area is 176 Å². The van der Waals surface area contributed by atoms with Crippen molar-refractivity contribution in [3.05, 3.63) is 46.4 Å². The zero-order valence-corrected chi connectivity index (χ0v) is 17.5. The highest BCUT2D eigenvalue weighted by molar-refractivity contribution is 6.31. The molecule has 0 fully saturated rings. The van der Waals surface area contributed by atoms with Gasteiger partial charge in [0.1, 0.15) is 12.4 Å². The summed E-state index contributed by atoms with van der Waals surface area (Å²) >= 11 is 6.04. The van der Waals surface area contributed by atoms with Gasteiger partial charge in [-0.1, -0.05) is 31.5 Å². The lowest BCUT2D eigenvalue weighted by molar-refractivity contribution is -0.192. The van der Waals surface area contributed by atoms with E-state index in [0.717, 1.165) is 24.2 Å². The predicted molar refractivity (Wildman–Crippen MR) is 104 cm³/mol. The standard InChI is InChI=1S/C17H23ClFN3O.C2HF3O2/c1-12(2)6-7-22-17(9-15(21-22)10-20-3)23-11-13-4-5-14(19)8-16(13)18;3-2(4,5)1(6)7/h4-5,8-9,12,20H,6-7,10-11H2,1-3H3;(H,6,7). The molecule has 0 aliphatic carbocycles. The molecule has 0 aliphatic heterocycles. The van der Waals surface area contributed by atoms with Crippen molar-refractivity contribution < 1.29 is 32.2 Å². The van der Waals surface area contributed by atoms with Gasteiger partial charge < -0.3 is 15.2 Å². The van der Waals surface area contributed by atoms with Crippen LogP contribution < -0.4 is 10.1 Å². The summed E-state index contributed by atoms with van der Waals surface area (Å²) in [7, 11) is 1.88. The fourth-order valence-corrected chi connectivity index (χ4v) is 2.39. The van der Waals surface area contributed by atoms with Gasteiger partial charge in [0.15, 0.2) is 0 Å². The summed E-state index contributed by atoms with van der Waals surface area (Å²) in [5.41, 5.74) is 1.68. The van der Waals surface area contributed by atoms with Crippen molar-refractivity contribution in [2.45, 2.75) is 46.1 Å². The topological polar surface area (TPSA) is 76.4 Å². The molecule has 0 saturated carbocycles. The number of aliphatic carboxylic acids is 1. The number of ether oxygens (including phenoxy) is 1. The third-order valence-corrected chi connectivity index (χ3v) is 4.05. The lowest BCUT2D eigenvalue weighted by Gasteiger charge is -2.11. The molecule has 11 heteroatoms. The van der Waals surface area contributed by atoms with Crippen molar-refractivity contribution in [2.75, 3.05) is 7.05 Å². The Balaban J connectivity index is 0.000000553. The van der Waals surface area contributed by atoms with Crippen LogP contribution in [0.25, 0.3) is 0 Å². The minimum atomic E-state index is -5.08. The number of hydrogen-bond acceptors (Lipinski definition) is 4. The molecule has 2 aromatic rings. The van der Waals surface area contributed by atoms with Crippen LogP contribution in [0.3, 0.4) is 0 Å². The first-order valence-corrected chi connectivity index (χ1v) is 9.40. The van der Waals surface area contributed by atoms with Gasteiger partial charge in [0.2, 0.25) is 5.88 Å². The summed E-state index contributed by atoms with van der Waals surface area (Å²) in [6, 6.07) is 6.24. The van der Waals surface area contributed by atoms with Gasteiger partial charge in [-0.2, -0.15) is 18.3 Å². The average molecular weight is 454 g/mol. The number of aromatic nitrogens is 2. The van der Waals surface area contributed by atoms with Gasteiger partial charge in [0.05, 0.1) is 10.7 Å². The fourth-order valence-electron chi connectivity index (χ4n) is 2.17. The number of rotatable bonds is 8. The van der Waals surface area contributed by atoms with Gasteiger partial charge in [-0.25, -0.2) is 13.9 Å². The third kappa shape index (κ3) is 9.00. The molecule has 0 bridgehead atoms. The van der Waals surface area contributed by atoms with Crippen LogP contribution in [0.5, 0.6) is 5.88 Å². The monoisotopic (exact) mass is 453 g/mol. The fraction of sp³-hybridized carbons (Fsp3) is 0.474. The zero-order valence-electron chi connectivity index (χ0n) is 16.8. The number of nitrogens with zero attached hydrogens (tertiary/aromatic N) is 2. The summed E-state index contributed by atoms with van der Waals surface area (Å²) in [6.45, 7) is 6.12. The van der Waals surface area contributed by atoms with E-state index in [0.29, 0.717) is 23.4 Å². The number of benzene rings is 1. The average Bonchev–Trinajstić information content (AvgIpc) is 3.01. The first-order valence-electron chi connectivity index (χ1n) is 9.02. The molecule has 168 valence electrons. The molecule has 0 atom stereocenters. The first kappa shape index (κ1) is 25.7. The van der Waals surface area contributed by atoms with E-state index >= 15 is 0 Å². The van der Waals surface area contributed by atoms with Gasteiger partial charge in [-0.05, 0) is 31.5 Å². The Morgan fingerprint density at radius 3 is 2.47 bits per heavy atom. The molecule has 1 heterocycles. The van der Waals surface area contributed by atoms with E-state index in [9.17, 15) is 17.6 Å². The minimum Gasteiger partial charge on any atom is -0.475 e. The Hall–Kier alpha value is -2.33. The van der Waals surface area contributed by atoms with Crippen LogP contribution in [0.4, 0.5) is 17.6 Å². The summed E-state index contributed by atoms with van der Waals surface area (Å²) in [6.07, 6.45) is -4.06. The smallest absolute Gasteiger partial charge is 0.475 e. The van der Waals surface area contributed by atoms with Gasteiger partial charge in [-0.15, -0.1) is 0 Å². The zero-order chi connectivity index (χ0) is 22.9. The highest BCUT2D eigenvalue weighted by Gasteiger charge is 2.38. The van der Waals surface area contributed by atoms with E-state index in [-0.39, 0.29) is 12.4 Å². The largest absolute Gasteiger partial charge is 0.490 e. The third-order valence-electron chi connectivity index (χ3n) is 3.70. The van der Waals surface area contributed by atoms with Crippen molar-refractivity contribution in [1.82, 2.24) is 15.1 Å². The van der Waals surface area contributed by atoms with Gasteiger partial charge in [0, 0.05) is 24.7 Å². The van der Waals surface area contributed by atoms with Crippen LogP contribution in [0.15, 0.2) is 24.3 Å². The summed E-state index contributed by atoms with van der Waals surface area (Å²) in [5, 5.41) is 15.1. The molecule has 0 aliphatic rings. The number of carboxylic acid groups (broad SMARTS) is 1. The summed E-state index contributed by atoms with van der Waals surface area (Å²) in [4.78, 5) is 8.90. The number of aryl methyl sites for hydroxylation is 1. The highest BCUT2D eigenvalue weighted by Crippen LogP contribution is 2.21. The number of carboxylic acids is 1. The Kier molecular flexibility index (Phi) is 10.1. The SMILES string of the molecule is CNCc1cc(OCc2ccc(F)cc2Cl)n(CCC(C)C)n1.O=C(O)C(F)(F)F. The van der Waals surface area contributed by atoms with Crippen LogP contribution in [0, 0.1) is 11.7 Å². The van der Waals surface area contributed by atoms with Crippen LogP contribution >= 0.6 is 11.6 Å². The molecule has 2 N–H and O–H groups in total. The Morgan fingerprint density at radius 1 is 1.33 bits per heavy atom. The molecule has 0 radical (unpaired) electrons. The number of halogens is 5. The van der Waals surface area contributed by atoms with Gasteiger partial charge in [-0.3, -0.25) is 0 Å². The first-order chi connectivity index (χ1) is 13.9. The second kappa shape index (κ2) is 11.8. The molecule has 0 unspecified atom stereocenters. The molecular formula is C19H24ClF4N3O3. The molecular weight excluding hydrogens is 430 g/mol. The van der Waals surface area contributed by atoms with Gasteiger partial charge >= 0.3 is 12.1 Å². The highest BCUT2D eigenvalue weighted by atomic mass is 35.5. The van der Waals surface area contributed by atoms with E-state index in [4.69, 9.17) is 26.2 Å². The predicted octanol–water partition coefficient (Wildman–Crippen LogP) is 4.65. The normalized spacial score (nSPS) is 11.2. The van der Waals surface area contributed by atoms with Crippen LogP contribution in [0.2, 0.25) is 5.02 Å². The van der Waals surface area contributed by atoms with E-state index in [1.54, 1.807) is 6.07 Å². The number of alkyl halides is 3. The van der Waals surface area contributed by atoms with E-state index < -0.39 is 12.1 Å². The van der Waals surface area contributed by atoms with Crippen molar-refractivity contribution >= 4 is 17.6 Å². The quantitative estimate of drug-likeness (QED) is 0.569. The van der Waals surface area contributed by atoms with Crippen LogP contribution in [-0.2, 0) is 24.5 Å². The minimum absolute atomic E-state index is 0.283.